The zero-order valence-electron chi connectivity index (χ0n) is 13.1. The van der Waals surface area contributed by atoms with Gasteiger partial charge in [0.25, 0.3) is 0 Å². The lowest BCUT2D eigenvalue weighted by Gasteiger charge is -2.21. The Morgan fingerprint density at radius 1 is 1.23 bits per heavy atom. The van der Waals surface area contributed by atoms with Crippen molar-refractivity contribution in [2.75, 3.05) is 7.11 Å². The number of esters is 1. The Balaban J connectivity index is 3.06. The number of benzene rings is 1. The first kappa shape index (κ1) is 18.3. The van der Waals surface area contributed by atoms with Crippen LogP contribution in [-0.2, 0) is 19.6 Å². The number of hydrogen-bond acceptors (Lipinski definition) is 5. The first-order chi connectivity index (χ1) is 10.2. The van der Waals surface area contributed by atoms with Gasteiger partial charge in [0, 0.05) is 5.56 Å². The van der Waals surface area contributed by atoms with Gasteiger partial charge in [-0.05, 0) is 25.0 Å². The summed E-state index contributed by atoms with van der Waals surface area (Å²) in [6.45, 7) is 5.03. The third-order valence-corrected chi connectivity index (χ3v) is 4.98. The van der Waals surface area contributed by atoms with E-state index in [2.05, 4.69) is 9.46 Å². The molecule has 0 spiro atoms. The van der Waals surface area contributed by atoms with E-state index >= 15 is 0 Å². The maximum absolute atomic E-state index is 12.4. The molecular weight excluding hydrogens is 306 g/mol. The SMILES string of the molecule is CC[C@@H](C)[C@@H](NS(=O)(=O)c1ccc(C(C)=O)cc1)C(=O)OC. The summed E-state index contributed by atoms with van der Waals surface area (Å²) in [5.74, 6) is -0.985. The van der Waals surface area contributed by atoms with E-state index in [1.165, 1.54) is 38.3 Å². The van der Waals surface area contributed by atoms with Gasteiger partial charge in [0.2, 0.25) is 10.0 Å². The Morgan fingerprint density at radius 3 is 2.18 bits per heavy atom. The molecule has 0 bridgehead atoms. The van der Waals surface area contributed by atoms with Gasteiger partial charge in [-0.25, -0.2) is 8.42 Å². The van der Waals surface area contributed by atoms with Crippen LogP contribution in [0.5, 0.6) is 0 Å². The summed E-state index contributed by atoms with van der Waals surface area (Å²) < 4.78 is 31.8. The van der Waals surface area contributed by atoms with Gasteiger partial charge in [-0.3, -0.25) is 9.59 Å². The molecular formula is C15H21NO5S. The lowest BCUT2D eigenvalue weighted by atomic mass is 10.0. The van der Waals surface area contributed by atoms with Gasteiger partial charge >= 0.3 is 5.97 Å². The molecule has 1 N–H and O–H groups in total. The first-order valence-corrected chi connectivity index (χ1v) is 8.42. The highest BCUT2D eigenvalue weighted by atomic mass is 32.2. The quantitative estimate of drug-likeness (QED) is 0.609. The molecule has 0 amide bonds. The molecule has 7 heteroatoms. The molecule has 1 rings (SSSR count). The maximum atomic E-state index is 12.4. The molecule has 0 unspecified atom stereocenters. The normalized spacial score (nSPS) is 14.2. The Morgan fingerprint density at radius 2 is 1.77 bits per heavy atom. The monoisotopic (exact) mass is 327 g/mol. The summed E-state index contributed by atoms with van der Waals surface area (Å²) in [4.78, 5) is 23.0. The molecule has 0 fully saturated rings. The van der Waals surface area contributed by atoms with Crippen LogP contribution in [0.3, 0.4) is 0 Å². The van der Waals surface area contributed by atoms with E-state index in [1.807, 2.05) is 6.92 Å². The molecule has 0 saturated carbocycles. The minimum absolute atomic E-state index is 0.00490. The van der Waals surface area contributed by atoms with Gasteiger partial charge in [0.1, 0.15) is 6.04 Å². The van der Waals surface area contributed by atoms with Crippen molar-refractivity contribution < 1.29 is 22.7 Å². The molecule has 0 heterocycles. The van der Waals surface area contributed by atoms with Crippen LogP contribution in [0, 0.1) is 5.92 Å². The molecule has 1 aromatic rings. The summed E-state index contributed by atoms with van der Waals surface area (Å²) in [5.41, 5.74) is 0.422. The number of carbonyl (C=O) groups is 2. The number of methoxy groups -OCH3 is 1. The number of hydrogen-bond donors (Lipinski definition) is 1. The molecule has 2 atom stereocenters. The van der Waals surface area contributed by atoms with E-state index in [1.54, 1.807) is 6.92 Å². The van der Waals surface area contributed by atoms with Crippen molar-refractivity contribution in [2.45, 2.75) is 38.1 Å². The topological polar surface area (TPSA) is 89.5 Å². The second kappa shape index (κ2) is 7.51. The third kappa shape index (κ3) is 4.38. The molecule has 6 nitrogen and oxygen atoms in total. The number of carbonyl (C=O) groups excluding carboxylic acids is 2. The van der Waals surface area contributed by atoms with Crippen LogP contribution < -0.4 is 4.72 Å². The van der Waals surface area contributed by atoms with Crippen LogP contribution in [0.1, 0.15) is 37.6 Å². The highest BCUT2D eigenvalue weighted by molar-refractivity contribution is 7.89. The number of nitrogens with one attached hydrogen (secondary N) is 1. The second-order valence-corrected chi connectivity index (χ2v) is 6.80. The summed E-state index contributed by atoms with van der Waals surface area (Å²) in [7, 11) is -2.66. The van der Waals surface area contributed by atoms with Crippen molar-refractivity contribution in [3.8, 4) is 0 Å². The summed E-state index contributed by atoms with van der Waals surface area (Å²) >= 11 is 0. The Bertz CT molecular complexity index is 636. The Hall–Kier alpha value is -1.73. The number of Topliss-reactive ketones (excluding diaryl/α,β-unsaturated/α-hetero) is 1. The minimum atomic E-state index is -3.87. The van der Waals surface area contributed by atoms with Crippen LogP contribution in [0.4, 0.5) is 0 Å². The van der Waals surface area contributed by atoms with Crippen molar-refractivity contribution in [3.63, 3.8) is 0 Å². The van der Waals surface area contributed by atoms with Gasteiger partial charge in [-0.2, -0.15) is 4.72 Å². The largest absolute Gasteiger partial charge is 0.468 e. The van der Waals surface area contributed by atoms with Crippen LogP contribution in [0.2, 0.25) is 0 Å². The van der Waals surface area contributed by atoms with Gasteiger partial charge in [0.15, 0.2) is 5.78 Å². The van der Waals surface area contributed by atoms with Crippen LogP contribution in [0.15, 0.2) is 29.2 Å². The summed E-state index contributed by atoms with van der Waals surface area (Å²) in [6, 6.07) is 4.60. The molecule has 122 valence electrons. The van der Waals surface area contributed by atoms with Gasteiger partial charge in [0.05, 0.1) is 12.0 Å². The van der Waals surface area contributed by atoms with E-state index in [-0.39, 0.29) is 16.6 Å². The molecule has 0 aliphatic carbocycles. The predicted molar refractivity (Wildman–Crippen MR) is 82.0 cm³/mol. The van der Waals surface area contributed by atoms with Crippen molar-refractivity contribution in [1.29, 1.82) is 0 Å². The molecule has 1 aromatic carbocycles. The van der Waals surface area contributed by atoms with E-state index in [9.17, 15) is 18.0 Å². The van der Waals surface area contributed by atoms with E-state index in [4.69, 9.17) is 0 Å². The molecule has 0 aliphatic rings. The van der Waals surface area contributed by atoms with Crippen LogP contribution >= 0.6 is 0 Å². The van der Waals surface area contributed by atoms with E-state index in [0.29, 0.717) is 12.0 Å². The zero-order valence-corrected chi connectivity index (χ0v) is 13.9. The Kier molecular flexibility index (Phi) is 6.25. The van der Waals surface area contributed by atoms with Gasteiger partial charge < -0.3 is 4.74 Å². The van der Waals surface area contributed by atoms with E-state index in [0.717, 1.165) is 0 Å². The van der Waals surface area contributed by atoms with Crippen LogP contribution in [-0.4, -0.2) is 33.3 Å². The molecule has 0 aromatic heterocycles. The van der Waals surface area contributed by atoms with Crippen LogP contribution in [0.25, 0.3) is 0 Å². The molecule has 0 aliphatic heterocycles. The lowest BCUT2D eigenvalue weighted by molar-refractivity contribution is -0.143. The second-order valence-electron chi connectivity index (χ2n) is 5.09. The fourth-order valence-corrected chi connectivity index (χ4v) is 3.16. The standard InChI is InChI=1S/C15H21NO5S/c1-5-10(2)14(15(18)21-4)16-22(19,20)13-8-6-12(7-9-13)11(3)17/h6-10,14,16H,5H2,1-4H3/t10-,14-/m1/s1. The Labute approximate surface area is 130 Å². The highest BCUT2D eigenvalue weighted by Crippen LogP contribution is 2.16. The maximum Gasteiger partial charge on any atom is 0.324 e. The summed E-state index contributed by atoms with van der Waals surface area (Å²) in [5, 5.41) is 0. The van der Waals surface area contributed by atoms with Gasteiger partial charge in [-0.1, -0.05) is 32.4 Å². The minimum Gasteiger partial charge on any atom is -0.468 e. The predicted octanol–water partition coefficient (Wildman–Crippen LogP) is 1.76. The van der Waals surface area contributed by atoms with Gasteiger partial charge in [-0.15, -0.1) is 0 Å². The van der Waals surface area contributed by atoms with Crippen molar-refractivity contribution in [1.82, 2.24) is 4.72 Å². The third-order valence-electron chi connectivity index (χ3n) is 3.52. The molecule has 0 saturated heterocycles. The highest BCUT2D eigenvalue weighted by Gasteiger charge is 2.30. The number of sulfonamides is 1. The van der Waals surface area contributed by atoms with Crippen molar-refractivity contribution >= 4 is 21.8 Å². The van der Waals surface area contributed by atoms with Crippen molar-refractivity contribution in [3.05, 3.63) is 29.8 Å². The molecule has 22 heavy (non-hydrogen) atoms. The summed E-state index contributed by atoms with van der Waals surface area (Å²) in [6.07, 6.45) is 0.617. The number of ether oxygens (including phenoxy) is 1. The zero-order chi connectivity index (χ0) is 16.9. The fraction of sp³-hybridized carbons (Fsp3) is 0.467. The number of ketones is 1. The average Bonchev–Trinajstić information content (AvgIpc) is 2.51. The van der Waals surface area contributed by atoms with Crippen molar-refractivity contribution in [2.24, 2.45) is 5.92 Å². The first-order valence-electron chi connectivity index (χ1n) is 6.94. The van der Waals surface area contributed by atoms with E-state index < -0.39 is 22.0 Å². The smallest absolute Gasteiger partial charge is 0.324 e. The lowest BCUT2D eigenvalue weighted by Crippen LogP contribution is -2.45. The molecule has 0 radical (unpaired) electrons. The average molecular weight is 327 g/mol. The fourth-order valence-electron chi connectivity index (χ4n) is 1.86. The number of rotatable bonds is 7.